The van der Waals surface area contributed by atoms with Gasteiger partial charge in [-0.25, -0.2) is 8.78 Å². The topological polar surface area (TPSA) is 12.0 Å². The van der Waals surface area contributed by atoms with Gasteiger partial charge in [-0.15, -0.1) is 0 Å². The number of nitrogens with one attached hydrogen (secondary N) is 1. The molecule has 0 spiro atoms. The van der Waals surface area contributed by atoms with E-state index in [9.17, 15) is 8.78 Å². The molecule has 1 nitrogen and oxygen atoms in total. The molecular weight excluding hydrogens is 404 g/mol. The first kappa shape index (κ1) is 16.6. The molecule has 2 aromatic carbocycles. The first-order valence-corrected chi connectivity index (χ1v) is 8.02. The lowest BCUT2D eigenvalue weighted by Gasteiger charge is -2.21. The van der Waals surface area contributed by atoms with Gasteiger partial charge in [-0.3, -0.25) is 0 Å². The van der Waals surface area contributed by atoms with Gasteiger partial charge in [0.25, 0.3) is 0 Å². The Morgan fingerprint density at radius 3 is 2.29 bits per heavy atom. The molecule has 21 heavy (non-hydrogen) atoms. The van der Waals surface area contributed by atoms with Crippen LogP contribution in [0.1, 0.15) is 28.3 Å². The van der Waals surface area contributed by atoms with Gasteiger partial charge in [-0.1, -0.05) is 37.9 Å². The van der Waals surface area contributed by atoms with Gasteiger partial charge in [0.05, 0.1) is 6.04 Å². The Labute approximate surface area is 140 Å². The molecule has 112 valence electrons. The van der Waals surface area contributed by atoms with E-state index in [1.807, 2.05) is 19.1 Å². The standard InChI is InChI=1S/C16H15Br2F2N/c1-8-4-5-13(19)14(15(8)20)16(21-3)10-7-11(17)9(2)6-12(10)18/h4-7,16,21H,1-3H3. The molecular formula is C16H15Br2F2N. The van der Waals surface area contributed by atoms with Crippen LogP contribution in [-0.2, 0) is 0 Å². The number of benzene rings is 2. The summed E-state index contributed by atoms with van der Waals surface area (Å²) in [4.78, 5) is 0. The van der Waals surface area contributed by atoms with Crippen LogP contribution in [0.3, 0.4) is 0 Å². The van der Waals surface area contributed by atoms with Crippen molar-refractivity contribution in [2.45, 2.75) is 19.9 Å². The third-order valence-corrected chi connectivity index (χ3v) is 5.03. The minimum atomic E-state index is -0.573. The smallest absolute Gasteiger partial charge is 0.134 e. The summed E-state index contributed by atoms with van der Waals surface area (Å²) >= 11 is 6.95. The maximum atomic E-state index is 14.4. The Morgan fingerprint density at radius 2 is 1.67 bits per heavy atom. The quantitative estimate of drug-likeness (QED) is 0.702. The third-order valence-electron chi connectivity index (χ3n) is 3.49. The molecule has 0 aliphatic carbocycles. The van der Waals surface area contributed by atoms with Crippen LogP contribution in [0.4, 0.5) is 8.78 Å². The van der Waals surface area contributed by atoms with Crippen LogP contribution < -0.4 is 5.32 Å². The Hall–Kier alpha value is -0.780. The summed E-state index contributed by atoms with van der Waals surface area (Å²) < 4.78 is 30.3. The summed E-state index contributed by atoms with van der Waals surface area (Å²) in [7, 11) is 1.69. The van der Waals surface area contributed by atoms with E-state index in [0.29, 0.717) is 5.56 Å². The first-order valence-electron chi connectivity index (χ1n) is 6.44. The highest BCUT2D eigenvalue weighted by molar-refractivity contribution is 9.11. The zero-order chi connectivity index (χ0) is 15.7. The molecule has 0 bridgehead atoms. The first-order chi connectivity index (χ1) is 9.86. The molecule has 0 heterocycles. The molecule has 0 aliphatic rings. The highest BCUT2D eigenvalue weighted by atomic mass is 79.9. The average Bonchev–Trinajstić information content (AvgIpc) is 2.44. The fourth-order valence-electron chi connectivity index (χ4n) is 2.28. The predicted molar refractivity (Wildman–Crippen MR) is 88.6 cm³/mol. The summed E-state index contributed by atoms with van der Waals surface area (Å²) in [6.45, 7) is 3.59. The minimum absolute atomic E-state index is 0.0361. The maximum absolute atomic E-state index is 14.4. The normalized spacial score (nSPS) is 12.5. The van der Waals surface area contributed by atoms with Crippen molar-refractivity contribution in [2.75, 3.05) is 7.05 Å². The number of aryl methyl sites for hydroxylation is 2. The second-order valence-electron chi connectivity index (χ2n) is 4.94. The molecule has 2 aromatic rings. The van der Waals surface area contributed by atoms with E-state index in [4.69, 9.17) is 0 Å². The van der Waals surface area contributed by atoms with Crippen LogP contribution in [0.2, 0.25) is 0 Å². The van der Waals surface area contributed by atoms with Gasteiger partial charge in [0, 0.05) is 14.5 Å². The van der Waals surface area contributed by atoms with Crippen molar-refractivity contribution in [3.8, 4) is 0 Å². The molecule has 0 saturated carbocycles. The van der Waals surface area contributed by atoms with Crippen molar-refractivity contribution in [3.05, 3.63) is 67.1 Å². The van der Waals surface area contributed by atoms with Gasteiger partial charge >= 0.3 is 0 Å². The number of halogens is 4. The Balaban J connectivity index is 2.66. The fourth-order valence-corrected chi connectivity index (χ4v) is 3.33. The van der Waals surface area contributed by atoms with Gasteiger partial charge in [-0.05, 0) is 55.8 Å². The lowest BCUT2D eigenvalue weighted by molar-refractivity contribution is 0.517. The van der Waals surface area contributed by atoms with Crippen LogP contribution >= 0.6 is 31.9 Å². The van der Waals surface area contributed by atoms with Gasteiger partial charge in [0.15, 0.2) is 0 Å². The molecule has 0 radical (unpaired) electrons. The summed E-state index contributed by atoms with van der Waals surface area (Å²) in [6, 6.07) is 5.98. The number of hydrogen-bond acceptors (Lipinski definition) is 1. The number of rotatable bonds is 3. The zero-order valence-electron chi connectivity index (χ0n) is 11.9. The van der Waals surface area contributed by atoms with Crippen LogP contribution in [0.25, 0.3) is 0 Å². The average molecular weight is 419 g/mol. The second kappa shape index (κ2) is 6.55. The number of hydrogen-bond donors (Lipinski definition) is 1. The Morgan fingerprint density at radius 1 is 1.00 bits per heavy atom. The largest absolute Gasteiger partial charge is 0.309 e. The van der Waals surface area contributed by atoms with Crippen LogP contribution in [0.15, 0.2) is 33.2 Å². The van der Waals surface area contributed by atoms with Crippen molar-refractivity contribution in [3.63, 3.8) is 0 Å². The van der Waals surface area contributed by atoms with E-state index < -0.39 is 17.7 Å². The lowest BCUT2D eigenvalue weighted by Crippen LogP contribution is -2.21. The minimum Gasteiger partial charge on any atom is -0.309 e. The molecule has 0 aliphatic heterocycles. The van der Waals surface area contributed by atoms with E-state index in [1.165, 1.54) is 12.1 Å². The molecule has 5 heteroatoms. The Bertz CT molecular complexity index is 686. The van der Waals surface area contributed by atoms with Crippen molar-refractivity contribution in [1.82, 2.24) is 5.32 Å². The zero-order valence-corrected chi connectivity index (χ0v) is 15.1. The van der Waals surface area contributed by atoms with E-state index in [-0.39, 0.29) is 5.56 Å². The molecule has 1 atom stereocenters. The van der Waals surface area contributed by atoms with E-state index in [0.717, 1.165) is 20.1 Å². The molecule has 0 aromatic heterocycles. The van der Waals surface area contributed by atoms with Crippen molar-refractivity contribution >= 4 is 31.9 Å². The molecule has 0 saturated heterocycles. The predicted octanol–water partition coefficient (Wildman–Crippen LogP) is 5.42. The molecule has 0 amide bonds. The van der Waals surface area contributed by atoms with E-state index in [2.05, 4.69) is 37.2 Å². The summed E-state index contributed by atoms with van der Waals surface area (Å²) in [5, 5.41) is 3.00. The van der Waals surface area contributed by atoms with Gasteiger partial charge in [0.2, 0.25) is 0 Å². The van der Waals surface area contributed by atoms with E-state index in [1.54, 1.807) is 14.0 Å². The highest BCUT2D eigenvalue weighted by Gasteiger charge is 2.24. The summed E-state index contributed by atoms with van der Waals surface area (Å²) in [5.74, 6) is -1.07. The second-order valence-corrected chi connectivity index (χ2v) is 6.65. The monoisotopic (exact) mass is 417 g/mol. The molecule has 2 rings (SSSR count). The van der Waals surface area contributed by atoms with E-state index >= 15 is 0 Å². The molecule has 0 fully saturated rings. The molecule has 1 N–H and O–H groups in total. The SMILES string of the molecule is CNC(c1cc(Br)c(C)cc1Br)c1c(F)ccc(C)c1F. The van der Waals surface area contributed by atoms with Crippen LogP contribution in [-0.4, -0.2) is 7.05 Å². The van der Waals surface area contributed by atoms with Crippen molar-refractivity contribution in [2.24, 2.45) is 0 Å². The maximum Gasteiger partial charge on any atom is 0.134 e. The van der Waals surface area contributed by atoms with Crippen LogP contribution in [0, 0.1) is 25.5 Å². The van der Waals surface area contributed by atoms with Gasteiger partial charge in [0.1, 0.15) is 11.6 Å². The van der Waals surface area contributed by atoms with Crippen LogP contribution in [0.5, 0.6) is 0 Å². The lowest BCUT2D eigenvalue weighted by atomic mass is 9.95. The third kappa shape index (κ3) is 3.20. The van der Waals surface area contributed by atoms with Gasteiger partial charge < -0.3 is 5.32 Å². The Kier molecular flexibility index (Phi) is 5.17. The summed E-state index contributed by atoms with van der Waals surface area (Å²) in [5.41, 5.74) is 2.28. The fraction of sp³-hybridized carbons (Fsp3) is 0.250. The van der Waals surface area contributed by atoms with Gasteiger partial charge in [-0.2, -0.15) is 0 Å². The summed E-state index contributed by atoms with van der Waals surface area (Å²) in [6.07, 6.45) is 0. The molecule has 1 unspecified atom stereocenters. The van der Waals surface area contributed by atoms with Crippen molar-refractivity contribution in [1.29, 1.82) is 0 Å². The van der Waals surface area contributed by atoms with Crippen molar-refractivity contribution < 1.29 is 8.78 Å². The highest BCUT2D eigenvalue weighted by Crippen LogP contribution is 2.35.